The van der Waals surface area contributed by atoms with Gasteiger partial charge >= 0.3 is 0 Å². The van der Waals surface area contributed by atoms with Crippen molar-refractivity contribution in [1.82, 2.24) is 24.6 Å². The van der Waals surface area contributed by atoms with Gasteiger partial charge in [0.1, 0.15) is 18.7 Å². The fourth-order valence-corrected chi connectivity index (χ4v) is 4.24. The molecular formula is C28H27N5O. The van der Waals surface area contributed by atoms with Gasteiger partial charge in [0.25, 0.3) is 5.78 Å². The van der Waals surface area contributed by atoms with Gasteiger partial charge < -0.3 is 4.74 Å². The summed E-state index contributed by atoms with van der Waals surface area (Å²) in [5, 5.41) is 7.96. The lowest BCUT2D eigenvalue weighted by molar-refractivity contribution is 0.301. The molecule has 0 saturated carbocycles. The van der Waals surface area contributed by atoms with Crippen molar-refractivity contribution >= 4 is 5.78 Å². The Morgan fingerprint density at radius 2 is 1.65 bits per heavy atom. The molecule has 5 aromatic rings. The van der Waals surface area contributed by atoms with Crippen molar-refractivity contribution in [2.24, 2.45) is 5.92 Å². The Labute approximate surface area is 199 Å². The Morgan fingerprint density at radius 3 is 2.32 bits per heavy atom. The number of ether oxygens (including phenoxy) is 1. The van der Waals surface area contributed by atoms with Crippen molar-refractivity contribution in [3.63, 3.8) is 0 Å². The molecule has 1 atom stereocenters. The molecule has 6 nitrogen and oxygen atoms in total. The summed E-state index contributed by atoms with van der Waals surface area (Å²) in [5.74, 6) is 1.83. The summed E-state index contributed by atoms with van der Waals surface area (Å²) in [7, 11) is 0. The first-order chi connectivity index (χ1) is 16.5. The zero-order chi connectivity index (χ0) is 23.5. The Bertz CT molecular complexity index is 1380. The number of benzene rings is 2. The summed E-state index contributed by atoms with van der Waals surface area (Å²) >= 11 is 0. The van der Waals surface area contributed by atoms with Crippen LogP contribution >= 0.6 is 0 Å². The second kappa shape index (κ2) is 9.06. The van der Waals surface area contributed by atoms with E-state index >= 15 is 0 Å². The van der Waals surface area contributed by atoms with Gasteiger partial charge in [-0.3, -0.25) is 9.38 Å². The van der Waals surface area contributed by atoms with Crippen LogP contribution in [0.4, 0.5) is 0 Å². The summed E-state index contributed by atoms with van der Waals surface area (Å²) < 4.78 is 7.74. The molecule has 0 N–H and O–H groups in total. The van der Waals surface area contributed by atoms with E-state index in [1.54, 1.807) is 16.9 Å². The zero-order valence-corrected chi connectivity index (χ0v) is 19.6. The first kappa shape index (κ1) is 21.8. The van der Waals surface area contributed by atoms with Crippen LogP contribution in [0.3, 0.4) is 0 Å². The molecule has 0 spiro atoms. The van der Waals surface area contributed by atoms with E-state index in [1.165, 1.54) is 11.1 Å². The number of fused-ring (bicyclic) bond motifs is 1. The van der Waals surface area contributed by atoms with Gasteiger partial charge in [-0.2, -0.15) is 0 Å². The molecule has 2 aromatic carbocycles. The van der Waals surface area contributed by atoms with E-state index in [2.05, 4.69) is 77.3 Å². The number of aromatic nitrogens is 5. The minimum absolute atomic E-state index is 0.150. The molecule has 170 valence electrons. The van der Waals surface area contributed by atoms with Gasteiger partial charge in [0, 0.05) is 23.4 Å². The van der Waals surface area contributed by atoms with Crippen LogP contribution in [-0.2, 0) is 12.0 Å². The van der Waals surface area contributed by atoms with Crippen molar-refractivity contribution in [3.05, 3.63) is 108 Å². The van der Waals surface area contributed by atoms with E-state index in [9.17, 15) is 0 Å². The molecule has 6 heteroatoms. The fourth-order valence-electron chi connectivity index (χ4n) is 4.24. The van der Waals surface area contributed by atoms with Crippen molar-refractivity contribution in [1.29, 1.82) is 0 Å². The van der Waals surface area contributed by atoms with Gasteiger partial charge in [0.15, 0.2) is 0 Å². The van der Waals surface area contributed by atoms with Crippen LogP contribution in [0.25, 0.3) is 17.0 Å². The second-order valence-corrected chi connectivity index (χ2v) is 8.92. The van der Waals surface area contributed by atoms with E-state index < -0.39 is 0 Å². The number of rotatable bonds is 7. The highest BCUT2D eigenvalue weighted by Crippen LogP contribution is 2.40. The standard InChI is InChI=1S/C28H27N5O/c1-20(2)28(3,23-11-13-25(14-12-23)34-18-24-6-4-5-16-29-24)22-9-7-21(8-10-22)26-15-17-33-19-30-32-27(33)31-26/h4-17,19-20H,18H2,1-3H3. The molecular weight excluding hydrogens is 422 g/mol. The highest BCUT2D eigenvalue weighted by molar-refractivity contribution is 5.61. The predicted molar refractivity (Wildman–Crippen MR) is 133 cm³/mol. The third-order valence-electron chi connectivity index (χ3n) is 6.67. The van der Waals surface area contributed by atoms with E-state index in [1.807, 2.05) is 42.6 Å². The third-order valence-corrected chi connectivity index (χ3v) is 6.67. The highest BCUT2D eigenvalue weighted by Gasteiger charge is 2.32. The summed E-state index contributed by atoms with van der Waals surface area (Å²) in [6.07, 6.45) is 5.36. The Balaban J connectivity index is 1.38. The molecule has 5 rings (SSSR count). The zero-order valence-electron chi connectivity index (χ0n) is 19.6. The lowest BCUT2D eigenvalue weighted by atomic mass is 9.68. The molecule has 0 bridgehead atoms. The van der Waals surface area contributed by atoms with Crippen LogP contribution < -0.4 is 4.74 Å². The van der Waals surface area contributed by atoms with E-state index in [0.717, 1.165) is 22.7 Å². The Hall–Kier alpha value is -4.06. The normalized spacial score (nSPS) is 13.2. The summed E-state index contributed by atoms with van der Waals surface area (Å²) in [5.41, 5.74) is 5.21. The lowest BCUT2D eigenvalue weighted by Gasteiger charge is -2.35. The number of hydrogen-bond donors (Lipinski definition) is 0. The summed E-state index contributed by atoms with van der Waals surface area (Å²) in [6.45, 7) is 7.29. The second-order valence-electron chi connectivity index (χ2n) is 8.92. The molecule has 0 saturated heterocycles. The minimum atomic E-state index is -0.150. The SMILES string of the molecule is CC(C)C(C)(c1ccc(OCc2ccccn2)cc1)c1ccc(-c2ccn3cnnc3n2)cc1. The van der Waals surface area contributed by atoms with Crippen molar-refractivity contribution in [2.45, 2.75) is 32.8 Å². The molecule has 3 aromatic heterocycles. The van der Waals surface area contributed by atoms with Gasteiger partial charge in [-0.05, 0) is 47.4 Å². The quantitative estimate of drug-likeness (QED) is 0.318. The first-order valence-corrected chi connectivity index (χ1v) is 11.4. The van der Waals surface area contributed by atoms with Crippen LogP contribution in [0.5, 0.6) is 5.75 Å². The molecule has 0 aliphatic carbocycles. The van der Waals surface area contributed by atoms with E-state index in [4.69, 9.17) is 4.74 Å². The maximum absolute atomic E-state index is 5.93. The largest absolute Gasteiger partial charge is 0.487 e. The third kappa shape index (κ3) is 4.15. The van der Waals surface area contributed by atoms with Crippen LogP contribution in [0.1, 0.15) is 37.6 Å². The van der Waals surface area contributed by atoms with Gasteiger partial charge in [-0.1, -0.05) is 63.2 Å². The Kier molecular flexibility index (Phi) is 5.80. The van der Waals surface area contributed by atoms with Gasteiger partial charge in [-0.15, -0.1) is 10.2 Å². The van der Waals surface area contributed by atoms with E-state index in [0.29, 0.717) is 18.3 Å². The first-order valence-electron chi connectivity index (χ1n) is 11.4. The van der Waals surface area contributed by atoms with Gasteiger partial charge in [0.05, 0.1) is 11.4 Å². The van der Waals surface area contributed by atoms with Crippen LogP contribution in [0.2, 0.25) is 0 Å². The smallest absolute Gasteiger partial charge is 0.255 e. The predicted octanol–water partition coefficient (Wildman–Crippen LogP) is 5.73. The summed E-state index contributed by atoms with van der Waals surface area (Å²) in [4.78, 5) is 8.93. The molecule has 3 heterocycles. The monoisotopic (exact) mass is 449 g/mol. The average molecular weight is 450 g/mol. The fraction of sp³-hybridized carbons (Fsp3) is 0.214. The number of nitrogens with zero attached hydrogens (tertiary/aromatic N) is 5. The molecule has 0 radical (unpaired) electrons. The van der Waals surface area contributed by atoms with Crippen LogP contribution in [0, 0.1) is 5.92 Å². The molecule has 0 fully saturated rings. The average Bonchev–Trinajstić information content (AvgIpc) is 3.36. The summed E-state index contributed by atoms with van der Waals surface area (Å²) in [6, 6.07) is 24.9. The van der Waals surface area contributed by atoms with Crippen LogP contribution in [-0.4, -0.2) is 24.6 Å². The minimum Gasteiger partial charge on any atom is -0.487 e. The maximum Gasteiger partial charge on any atom is 0.255 e. The number of hydrogen-bond acceptors (Lipinski definition) is 5. The topological polar surface area (TPSA) is 65.2 Å². The molecule has 34 heavy (non-hydrogen) atoms. The maximum atomic E-state index is 5.93. The molecule has 1 unspecified atom stereocenters. The number of pyridine rings is 1. The highest BCUT2D eigenvalue weighted by atomic mass is 16.5. The molecule has 0 aliphatic heterocycles. The van der Waals surface area contributed by atoms with Crippen molar-refractivity contribution < 1.29 is 4.74 Å². The van der Waals surface area contributed by atoms with Crippen molar-refractivity contribution in [2.75, 3.05) is 0 Å². The van der Waals surface area contributed by atoms with Gasteiger partial charge in [-0.25, -0.2) is 4.98 Å². The van der Waals surface area contributed by atoms with Crippen LogP contribution in [0.15, 0.2) is 91.5 Å². The van der Waals surface area contributed by atoms with Gasteiger partial charge in [0.2, 0.25) is 0 Å². The molecule has 0 aliphatic rings. The Morgan fingerprint density at radius 1 is 0.912 bits per heavy atom. The molecule has 0 amide bonds. The van der Waals surface area contributed by atoms with E-state index in [-0.39, 0.29) is 5.41 Å². The van der Waals surface area contributed by atoms with Crippen molar-refractivity contribution in [3.8, 4) is 17.0 Å². The lowest BCUT2D eigenvalue weighted by Crippen LogP contribution is -2.30.